The summed E-state index contributed by atoms with van der Waals surface area (Å²) in [5.41, 5.74) is 0.791. The zero-order valence-electron chi connectivity index (χ0n) is 6.81. The summed E-state index contributed by atoms with van der Waals surface area (Å²) in [6.07, 6.45) is 0. The van der Waals surface area contributed by atoms with Gasteiger partial charge in [-0.25, -0.2) is 0 Å². The molecule has 0 spiro atoms. The van der Waals surface area contributed by atoms with Crippen molar-refractivity contribution in [3.63, 3.8) is 0 Å². The Morgan fingerprint density at radius 2 is 1.75 bits per heavy atom. The van der Waals surface area contributed by atoms with Crippen molar-refractivity contribution in [3.8, 4) is 5.75 Å². The van der Waals surface area contributed by atoms with Gasteiger partial charge in [0.2, 0.25) is 0 Å². The lowest BCUT2D eigenvalue weighted by Crippen LogP contribution is -2.08. The fourth-order valence-electron chi connectivity index (χ4n) is 0.874. The third kappa shape index (κ3) is 1.59. The standard InChI is InChI=1S/C8H9Cl2NO/c1-11(2)5-3-4-6(12)8(10)7(5)9/h3-4,12H,1-2H3. The number of hydrogen-bond acceptors (Lipinski definition) is 2. The maximum absolute atomic E-state index is 9.17. The molecule has 0 aromatic heterocycles. The first-order valence-corrected chi connectivity index (χ1v) is 4.14. The summed E-state index contributed by atoms with van der Waals surface area (Å²) in [6.45, 7) is 0. The van der Waals surface area contributed by atoms with Crippen molar-refractivity contribution < 1.29 is 5.11 Å². The van der Waals surface area contributed by atoms with Gasteiger partial charge in [-0.3, -0.25) is 0 Å². The molecule has 1 aromatic rings. The Balaban J connectivity index is 3.27. The Morgan fingerprint density at radius 1 is 1.17 bits per heavy atom. The molecule has 0 atom stereocenters. The van der Waals surface area contributed by atoms with E-state index in [-0.39, 0.29) is 10.8 Å². The molecule has 0 heterocycles. The number of phenols is 1. The molecule has 0 aliphatic heterocycles. The lowest BCUT2D eigenvalue weighted by Gasteiger charge is -2.15. The quantitative estimate of drug-likeness (QED) is 0.763. The molecule has 1 rings (SSSR count). The van der Waals surface area contributed by atoms with Crippen molar-refractivity contribution in [1.29, 1.82) is 0 Å². The van der Waals surface area contributed by atoms with Crippen LogP contribution >= 0.6 is 23.2 Å². The average molecular weight is 206 g/mol. The molecule has 1 aromatic carbocycles. The number of phenolic OH excluding ortho intramolecular Hbond substituents is 1. The van der Waals surface area contributed by atoms with Gasteiger partial charge in [-0.2, -0.15) is 0 Å². The molecule has 0 aliphatic rings. The van der Waals surface area contributed by atoms with Gasteiger partial charge in [-0.05, 0) is 12.1 Å². The predicted octanol–water partition coefficient (Wildman–Crippen LogP) is 2.77. The van der Waals surface area contributed by atoms with Gasteiger partial charge in [0.05, 0.1) is 10.7 Å². The second kappa shape index (κ2) is 3.42. The normalized spacial score (nSPS) is 10.0. The zero-order chi connectivity index (χ0) is 9.30. The van der Waals surface area contributed by atoms with E-state index in [1.165, 1.54) is 6.07 Å². The third-order valence-electron chi connectivity index (χ3n) is 1.52. The van der Waals surface area contributed by atoms with E-state index in [2.05, 4.69) is 0 Å². The molecule has 0 aliphatic carbocycles. The molecule has 0 radical (unpaired) electrons. The summed E-state index contributed by atoms with van der Waals surface area (Å²) in [5, 5.41) is 9.75. The monoisotopic (exact) mass is 205 g/mol. The summed E-state index contributed by atoms with van der Waals surface area (Å²) < 4.78 is 0. The molecule has 1 N–H and O–H groups in total. The maximum atomic E-state index is 9.17. The van der Waals surface area contributed by atoms with E-state index in [4.69, 9.17) is 23.2 Å². The summed E-state index contributed by atoms with van der Waals surface area (Å²) in [7, 11) is 3.71. The van der Waals surface area contributed by atoms with Crippen LogP contribution in [0.3, 0.4) is 0 Å². The predicted molar refractivity (Wildman–Crippen MR) is 52.5 cm³/mol. The van der Waals surface area contributed by atoms with E-state index in [1.807, 2.05) is 19.0 Å². The van der Waals surface area contributed by atoms with Crippen molar-refractivity contribution in [2.24, 2.45) is 0 Å². The molecule has 0 unspecified atom stereocenters. The van der Waals surface area contributed by atoms with E-state index in [0.29, 0.717) is 5.02 Å². The SMILES string of the molecule is CN(C)c1ccc(O)c(Cl)c1Cl. The highest BCUT2D eigenvalue weighted by molar-refractivity contribution is 6.44. The average Bonchev–Trinajstić information content (AvgIpc) is 2.00. The lowest BCUT2D eigenvalue weighted by molar-refractivity contribution is 0.475. The van der Waals surface area contributed by atoms with E-state index >= 15 is 0 Å². The highest BCUT2D eigenvalue weighted by atomic mass is 35.5. The van der Waals surface area contributed by atoms with E-state index in [1.54, 1.807) is 6.07 Å². The Kier molecular flexibility index (Phi) is 2.70. The first-order chi connectivity index (χ1) is 5.54. The topological polar surface area (TPSA) is 23.5 Å². The van der Waals surface area contributed by atoms with Gasteiger partial charge in [0, 0.05) is 14.1 Å². The molecule has 0 amide bonds. The van der Waals surface area contributed by atoms with Crippen molar-refractivity contribution >= 4 is 28.9 Å². The second-order valence-electron chi connectivity index (χ2n) is 2.63. The molecular weight excluding hydrogens is 197 g/mol. The second-order valence-corrected chi connectivity index (χ2v) is 3.38. The Hall–Kier alpha value is -0.600. The minimum atomic E-state index is 0.00673. The number of aromatic hydroxyl groups is 1. The smallest absolute Gasteiger partial charge is 0.135 e. The van der Waals surface area contributed by atoms with Crippen LogP contribution in [0.25, 0.3) is 0 Å². The number of hydrogen-bond donors (Lipinski definition) is 1. The van der Waals surface area contributed by atoms with E-state index < -0.39 is 0 Å². The third-order valence-corrected chi connectivity index (χ3v) is 2.39. The summed E-state index contributed by atoms with van der Waals surface area (Å²) >= 11 is 11.6. The van der Waals surface area contributed by atoms with E-state index in [0.717, 1.165) is 5.69 Å². The minimum absolute atomic E-state index is 0.00673. The zero-order valence-corrected chi connectivity index (χ0v) is 8.32. The molecular formula is C8H9Cl2NO. The Labute approximate surface area is 81.3 Å². The van der Waals surface area contributed by atoms with Crippen LogP contribution in [0.1, 0.15) is 0 Å². The van der Waals surface area contributed by atoms with Crippen molar-refractivity contribution in [2.45, 2.75) is 0 Å². The van der Waals surface area contributed by atoms with Gasteiger partial charge in [-0.15, -0.1) is 0 Å². The van der Waals surface area contributed by atoms with Crippen LogP contribution in [0.5, 0.6) is 5.75 Å². The van der Waals surface area contributed by atoms with Gasteiger partial charge >= 0.3 is 0 Å². The number of halogens is 2. The molecule has 4 heteroatoms. The van der Waals surface area contributed by atoms with Crippen LogP contribution in [-0.4, -0.2) is 19.2 Å². The summed E-state index contributed by atoms with van der Waals surface area (Å²) in [6, 6.07) is 3.23. The Morgan fingerprint density at radius 3 is 2.25 bits per heavy atom. The first-order valence-electron chi connectivity index (χ1n) is 3.38. The number of nitrogens with zero attached hydrogens (tertiary/aromatic N) is 1. The molecule has 12 heavy (non-hydrogen) atoms. The Bertz CT molecular complexity index is 299. The minimum Gasteiger partial charge on any atom is -0.506 e. The van der Waals surface area contributed by atoms with Crippen LogP contribution in [-0.2, 0) is 0 Å². The number of anilines is 1. The maximum Gasteiger partial charge on any atom is 0.135 e. The number of rotatable bonds is 1. The van der Waals surface area contributed by atoms with Crippen LogP contribution in [0.4, 0.5) is 5.69 Å². The highest BCUT2D eigenvalue weighted by Gasteiger charge is 2.09. The number of benzene rings is 1. The van der Waals surface area contributed by atoms with Crippen LogP contribution in [0.15, 0.2) is 12.1 Å². The largest absolute Gasteiger partial charge is 0.506 e. The van der Waals surface area contributed by atoms with Gasteiger partial charge in [-0.1, -0.05) is 23.2 Å². The van der Waals surface area contributed by atoms with Gasteiger partial charge in [0.25, 0.3) is 0 Å². The van der Waals surface area contributed by atoms with Gasteiger partial charge < -0.3 is 10.0 Å². The fourth-order valence-corrected chi connectivity index (χ4v) is 1.36. The molecule has 0 saturated carbocycles. The van der Waals surface area contributed by atoms with Crippen molar-refractivity contribution in [3.05, 3.63) is 22.2 Å². The molecule has 0 saturated heterocycles. The molecule has 0 fully saturated rings. The lowest BCUT2D eigenvalue weighted by atomic mass is 10.3. The summed E-state index contributed by atoms with van der Waals surface area (Å²) in [4.78, 5) is 1.83. The fraction of sp³-hybridized carbons (Fsp3) is 0.250. The van der Waals surface area contributed by atoms with Gasteiger partial charge in [0.15, 0.2) is 0 Å². The highest BCUT2D eigenvalue weighted by Crippen LogP contribution is 2.37. The van der Waals surface area contributed by atoms with Crippen molar-refractivity contribution in [2.75, 3.05) is 19.0 Å². The van der Waals surface area contributed by atoms with Crippen LogP contribution in [0, 0.1) is 0 Å². The van der Waals surface area contributed by atoms with Crippen LogP contribution < -0.4 is 4.90 Å². The summed E-state index contributed by atoms with van der Waals surface area (Å²) in [5.74, 6) is 0.00673. The molecule has 66 valence electrons. The van der Waals surface area contributed by atoms with Crippen molar-refractivity contribution in [1.82, 2.24) is 0 Å². The molecule has 2 nitrogen and oxygen atoms in total. The van der Waals surface area contributed by atoms with Gasteiger partial charge in [0.1, 0.15) is 10.8 Å². The first kappa shape index (κ1) is 9.49. The molecule has 0 bridgehead atoms. The van der Waals surface area contributed by atoms with Crippen LogP contribution in [0.2, 0.25) is 10.0 Å². The van der Waals surface area contributed by atoms with E-state index in [9.17, 15) is 5.11 Å².